The third-order valence-corrected chi connectivity index (χ3v) is 2.92. The molecule has 0 unspecified atom stereocenters. The first-order chi connectivity index (χ1) is 8.20. The predicted octanol–water partition coefficient (Wildman–Crippen LogP) is 1.10. The number of carbonyl (C=O) groups excluding carboxylic acids is 1. The molecule has 0 radical (unpaired) electrons. The van der Waals surface area contributed by atoms with Gasteiger partial charge in [-0.25, -0.2) is 9.97 Å². The average molecular weight is 251 g/mol. The van der Waals surface area contributed by atoms with Gasteiger partial charge in [-0.2, -0.15) is 0 Å². The molecule has 0 aromatic carbocycles. The Hall–Kier alpha value is -1.76. The van der Waals surface area contributed by atoms with Crippen LogP contribution in [0.1, 0.15) is 29.1 Å². The van der Waals surface area contributed by atoms with Gasteiger partial charge in [-0.1, -0.05) is 6.92 Å². The number of amides is 1. The van der Waals surface area contributed by atoms with Crippen molar-refractivity contribution in [2.45, 2.75) is 19.9 Å². The molecule has 17 heavy (non-hydrogen) atoms. The van der Waals surface area contributed by atoms with E-state index in [1.165, 1.54) is 11.3 Å². The lowest BCUT2D eigenvalue weighted by Gasteiger charge is -2.13. The smallest absolute Gasteiger partial charge is 0.293 e. The van der Waals surface area contributed by atoms with Crippen molar-refractivity contribution >= 4 is 17.2 Å². The summed E-state index contributed by atoms with van der Waals surface area (Å²) < 4.78 is 0. The number of nitrogens with zero attached hydrogens (tertiary/aromatic N) is 4. The van der Waals surface area contributed by atoms with Crippen LogP contribution in [0.15, 0.2) is 10.9 Å². The summed E-state index contributed by atoms with van der Waals surface area (Å²) in [6.07, 6.45) is 0.732. The molecule has 2 rings (SSSR count). The van der Waals surface area contributed by atoms with E-state index in [0.717, 1.165) is 17.9 Å². The minimum Gasteiger partial charge on any atom is -0.333 e. The van der Waals surface area contributed by atoms with Gasteiger partial charge in [-0.15, -0.1) is 16.4 Å². The molecule has 0 bridgehead atoms. The molecule has 0 aliphatic carbocycles. The van der Waals surface area contributed by atoms with Gasteiger partial charge in [0.15, 0.2) is 0 Å². The van der Waals surface area contributed by atoms with Crippen molar-refractivity contribution in [1.29, 1.82) is 0 Å². The Morgan fingerprint density at radius 3 is 3.00 bits per heavy atom. The Bertz CT molecular complexity index is 493. The zero-order valence-corrected chi connectivity index (χ0v) is 10.5. The maximum absolute atomic E-state index is 12.0. The Morgan fingerprint density at radius 2 is 2.41 bits per heavy atom. The lowest BCUT2D eigenvalue weighted by atomic mass is 10.4. The van der Waals surface area contributed by atoms with Gasteiger partial charge < -0.3 is 4.90 Å². The fourth-order valence-electron chi connectivity index (χ4n) is 1.35. The van der Waals surface area contributed by atoms with E-state index in [1.54, 1.807) is 17.5 Å². The molecule has 0 saturated carbocycles. The molecule has 0 saturated heterocycles. The molecular formula is C10H13N5OS. The second-order valence-corrected chi connectivity index (χ2v) is 4.32. The van der Waals surface area contributed by atoms with E-state index in [2.05, 4.69) is 20.2 Å². The van der Waals surface area contributed by atoms with Crippen LogP contribution in [0.3, 0.4) is 0 Å². The molecule has 1 N–H and O–H groups in total. The molecule has 0 spiro atoms. The molecule has 1 amide bonds. The lowest BCUT2D eigenvalue weighted by Crippen LogP contribution is -2.27. The van der Waals surface area contributed by atoms with Crippen LogP contribution < -0.4 is 0 Å². The van der Waals surface area contributed by atoms with Crippen LogP contribution in [0, 0.1) is 0 Å². The highest BCUT2D eigenvalue weighted by Gasteiger charge is 2.17. The summed E-state index contributed by atoms with van der Waals surface area (Å²) in [5, 5.41) is 8.54. The number of hydrogen-bond acceptors (Lipinski definition) is 5. The highest BCUT2D eigenvalue weighted by Crippen LogP contribution is 2.06. The van der Waals surface area contributed by atoms with Gasteiger partial charge in [-0.3, -0.25) is 9.89 Å². The molecule has 7 heteroatoms. The third kappa shape index (κ3) is 2.68. The average Bonchev–Trinajstić information content (AvgIpc) is 2.98. The summed E-state index contributed by atoms with van der Waals surface area (Å²) >= 11 is 1.51. The number of aromatic amines is 1. The summed E-state index contributed by atoms with van der Waals surface area (Å²) in [5.41, 5.74) is 2.62. The van der Waals surface area contributed by atoms with Gasteiger partial charge in [0.1, 0.15) is 5.82 Å². The quantitative estimate of drug-likeness (QED) is 0.882. The van der Waals surface area contributed by atoms with E-state index in [-0.39, 0.29) is 11.7 Å². The zero-order valence-electron chi connectivity index (χ0n) is 9.67. The predicted molar refractivity (Wildman–Crippen MR) is 63.7 cm³/mol. The maximum atomic E-state index is 12.0. The number of aryl methyl sites for hydroxylation is 1. The normalized spacial score (nSPS) is 10.5. The van der Waals surface area contributed by atoms with Crippen LogP contribution >= 0.6 is 11.3 Å². The fraction of sp³-hybridized carbons (Fsp3) is 0.400. The van der Waals surface area contributed by atoms with E-state index >= 15 is 0 Å². The summed E-state index contributed by atoms with van der Waals surface area (Å²) in [6, 6.07) is 0. The fourth-order valence-corrected chi connectivity index (χ4v) is 1.90. The number of nitrogens with one attached hydrogen (secondary N) is 1. The van der Waals surface area contributed by atoms with Gasteiger partial charge in [0.25, 0.3) is 5.91 Å². The Morgan fingerprint density at radius 1 is 1.59 bits per heavy atom. The molecule has 90 valence electrons. The van der Waals surface area contributed by atoms with Crippen LogP contribution in [-0.4, -0.2) is 38.0 Å². The SMILES string of the molecule is CCc1nc(C(=O)N(C)Cc2cscn2)n[nH]1. The van der Waals surface area contributed by atoms with Gasteiger partial charge in [0.2, 0.25) is 5.82 Å². The van der Waals surface area contributed by atoms with Crippen molar-refractivity contribution in [3.63, 3.8) is 0 Å². The van der Waals surface area contributed by atoms with Crippen LogP contribution in [0.25, 0.3) is 0 Å². The van der Waals surface area contributed by atoms with E-state index < -0.39 is 0 Å². The summed E-state index contributed by atoms with van der Waals surface area (Å²) in [6.45, 7) is 2.42. The molecule has 0 aliphatic heterocycles. The molecule has 0 atom stereocenters. The van der Waals surface area contributed by atoms with Crippen molar-refractivity contribution in [1.82, 2.24) is 25.1 Å². The monoisotopic (exact) mass is 251 g/mol. The van der Waals surface area contributed by atoms with Crippen molar-refractivity contribution in [2.75, 3.05) is 7.05 Å². The van der Waals surface area contributed by atoms with Crippen LogP contribution in [-0.2, 0) is 13.0 Å². The van der Waals surface area contributed by atoms with Crippen molar-refractivity contribution in [3.05, 3.63) is 28.2 Å². The largest absolute Gasteiger partial charge is 0.333 e. The molecule has 2 aromatic heterocycles. The Labute approximate surface area is 103 Å². The van der Waals surface area contributed by atoms with E-state index in [0.29, 0.717) is 6.54 Å². The molecule has 0 fully saturated rings. The number of H-pyrrole nitrogens is 1. The Kier molecular flexibility index (Phi) is 3.48. The highest BCUT2D eigenvalue weighted by atomic mass is 32.1. The van der Waals surface area contributed by atoms with E-state index in [9.17, 15) is 4.79 Å². The van der Waals surface area contributed by atoms with Crippen LogP contribution in [0.4, 0.5) is 0 Å². The molecule has 6 nitrogen and oxygen atoms in total. The molecule has 2 heterocycles. The minimum absolute atomic E-state index is 0.200. The van der Waals surface area contributed by atoms with Crippen molar-refractivity contribution < 1.29 is 4.79 Å². The first kappa shape index (κ1) is 11.7. The van der Waals surface area contributed by atoms with Gasteiger partial charge in [-0.05, 0) is 0 Å². The number of thiazole rings is 1. The third-order valence-electron chi connectivity index (χ3n) is 2.29. The van der Waals surface area contributed by atoms with Crippen LogP contribution in [0.5, 0.6) is 0 Å². The van der Waals surface area contributed by atoms with Crippen molar-refractivity contribution in [3.8, 4) is 0 Å². The van der Waals surface area contributed by atoms with Gasteiger partial charge >= 0.3 is 0 Å². The summed E-state index contributed by atoms with van der Waals surface area (Å²) in [7, 11) is 1.71. The standard InChI is InChI=1S/C10H13N5OS/c1-3-8-12-9(14-13-8)10(16)15(2)4-7-5-17-6-11-7/h5-6H,3-4H2,1-2H3,(H,12,13,14). The molecule has 2 aromatic rings. The van der Waals surface area contributed by atoms with Crippen molar-refractivity contribution in [2.24, 2.45) is 0 Å². The first-order valence-electron chi connectivity index (χ1n) is 5.24. The highest BCUT2D eigenvalue weighted by molar-refractivity contribution is 7.07. The minimum atomic E-state index is -0.200. The zero-order chi connectivity index (χ0) is 12.3. The van der Waals surface area contributed by atoms with E-state index in [1.807, 2.05) is 12.3 Å². The Balaban J connectivity index is 2.04. The van der Waals surface area contributed by atoms with Gasteiger partial charge in [0, 0.05) is 18.8 Å². The lowest BCUT2D eigenvalue weighted by molar-refractivity contribution is 0.0772. The topological polar surface area (TPSA) is 74.8 Å². The number of rotatable bonds is 4. The molecule has 0 aliphatic rings. The summed E-state index contributed by atoms with van der Waals surface area (Å²) in [4.78, 5) is 21.7. The first-order valence-corrected chi connectivity index (χ1v) is 6.18. The van der Waals surface area contributed by atoms with Crippen LogP contribution in [0.2, 0.25) is 0 Å². The number of carbonyl (C=O) groups is 1. The second kappa shape index (κ2) is 5.05. The van der Waals surface area contributed by atoms with E-state index in [4.69, 9.17) is 0 Å². The van der Waals surface area contributed by atoms with Gasteiger partial charge in [0.05, 0.1) is 17.7 Å². The number of aromatic nitrogens is 4. The maximum Gasteiger partial charge on any atom is 0.293 e. The summed E-state index contributed by atoms with van der Waals surface area (Å²) in [5.74, 6) is 0.726. The molecular weight excluding hydrogens is 238 g/mol. The number of hydrogen-bond donors (Lipinski definition) is 1. The second-order valence-electron chi connectivity index (χ2n) is 3.60.